The molecule has 0 radical (unpaired) electrons. The van der Waals surface area contributed by atoms with E-state index in [9.17, 15) is 25.3 Å². The number of rotatable bonds is 8. The van der Waals surface area contributed by atoms with Crippen LogP contribution in [0.15, 0.2) is 0 Å². The summed E-state index contributed by atoms with van der Waals surface area (Å²) in [6.45, 7) is -0.294. The van der Waals surface area contributed by atoms with E-state index in [1.165, 1.54) is 0 Å². The van der Waals surface area contributed by atoms with Gasteiger partial charge in [0, 0.05) is 0 Å². The van der Waals surface area contributed by atoms with Crippen LogP contribution in [0.4, 0.5) is 0 Å². The Balaban J connectivity index is 2.82. The third kappa shape index (κ3) is 4.33. The quantitative estimate of drug-likeness (QED) is 0.180. The van der Waals surface area contributed by atoms with Crippen molar-refractivity contribution in [3.05, 3.63) is 0 Å². The molecule has 0 saturated carbocycles. The Hall–Kier alpha value is -0.850. The van der Waals surface area contributed by atoms with E-state index in [0.29, 0.717) is 24.4 Å². The van der Waals surface area contributed by atoms with Gasteiger partial charge < -0.3 is 41.2 Å². The van der Waals surface area contributed by atoms with Gasteiger partial charge in [-0.1, -0.05) is 0 Å². The summed E-state index contributed by atoms with van der Waals surface area (Å²) in [6, 6.07) is -1.38. The van der Waals surface area contributed by atoms with Crippen LogP contribution in [-0.2, 0) is 9.53 Å². The summed E-state index contributed by atoms with van der Waals surface area (Å²) in [4.78, 5) is 11.3. The van der Waals surface area contributed by atoms with Crippen molar-refractivity contribution in [2.24, 2.45) is 5.73 Å². The van der Waals surface area contributed by atoms with Crippen LogP contribution in [0.2, 0.25) is 0 Å². The average molecular weight is 324 g/mol. The molecule has 1 saturated heterocycles. The fraction of sp³-hybridized carbons (Fsp3) is 0.917. The number of nitrogens with two attached hydrogens (primary N) is 1. The monoisotopic (exact) mass is 324 g/mol. The molecule has 130 valence electrons. The maximum atomic E-state index is 11.3. The third-order valence-electron chi connectivity index (χ3n) is 3.66. The predicted octanol–water partition coefficient (Wildman–Crippen LogP) is -2.94. The van der Waals surface area contributed by atoms with Crippen LogP contribution in [-0.4, -0.2) is 91.6 Å². The number of carboxylic acids is 1. The Morgan fingerprint density at radius 2 is 1.82 bits per heavy atom. The van der Waals surface area contributed by atoms with E-state index in [2.05, 4.69) is 0 Å². The molecule has 0 spiro atoms. The molecule has 22 heavy (non-hydrogen) atoms. The van der Waals surface area contributed by atoms with Gasteiger partial charge in [0.1, 0.15) is 30.5 Å². The molecule has 0 aromatic heterocycles. The van der Waals surface area contributed by atoms with Crippen molar-refractivity contribution < 1.29 is 40.3 Å². The number of hydrogen-bond acceptors (Lipinski definition) is 9. The molecule has 0 amide bonds. The summed E-state index contributed by atoms with van der Waals surface area (Å²) in [5.41, 5.74) is 5.32. The topological polar surface area (TPSA) is 177 Å². The Bertz CT molecular complexity index is 356. The highest BCUT2D eigenvalue weighted by atomic mass is 16.6. The lowest BCUT2D eigenvalue weighted by Crippen LogP contribution is -2.64. The van der Waals surface area contributed by atoms with E-state index >= 15 is 0 Å². The van der Waals surface area contributed by atoms with Gasteiger partial charge in [0.2, 0.25) is 0 Å². The van der Waals surface area contributed by atoms with Crippen molar-refractivity contribution in [1.29, 1.82) is 0 Å². The molecule has 0 aliphatic carbocycles. The standard InChI is InChI=1S/C12H24N2O8/c13-4-2-1-3-6(12(19)20)14(21)11-10(18)9(17)8(16)7(5-15)22-11/h6-11,15-18,21H,1-5,13H2,(H,19,20)/t6-,7+,8-,9-,10+,11?/m0/s1. The second-order valence-corrected chi connectivity index (χ2v) is 5.24. The van der Waals surface area contributed by atoms with Crippen molar-refractivity contribution >= 4 is 5.97 Å². The van der Waals surface area contributed by atoms with E-state index in [0.717, 1.165) is 0 Å². The molecule has 0 bridgehead atoms. The summed E-state index contributed by atoms with van der Waals surface area (Å²) in [7, 11) is 0. The summed E-state index contributed by atoms with van der Waals surface area (Å²) in [6.07, 6.45) is -6.77. The van der Waals surface area contributed by atoms with Crippen molar-refractivity contribution in [1.82, 2.24) is 5.06 Å². The minimum atomic E-state index is -1.74. The maximum absolute atomic E-state index is 11.3. The highest BCUT2D eigenvalue weighted by Gasteiger charge is 2.47. The highest BCUT2D eigenvalue weighted by molar-refractivity contribution is 5.73. The molecule has 1 aliphatic heterocycles. The molecule has 1 unspecified atom stereocenters. The van der Waals surface area contributed by atoms with E-state index < -0.39 is 49.3 Å². The first-order valence-corrected chi connectivity index (χ1v) is 7.05. The predicted molar refractivity (Wildman–Crippen MR) is 71.7 cm³/mol. The van der Waals surface area contributed by atoms with Crippen LogP contribution < -0.4 is 5.73 Å². The van der Waals surface area contributed by atoms with Crippen LogP contribution in [0.1, 0.15) is 19.3 Å². The molecule has 1 rings (SSSR count). The van der Waals surface area contributed by atoms with Gasteiger partial charge in [-0.3, -0.25) is 4.79 Å². The van der Waals surface area contributed by atoms with Gasteiger partial charge in [0.15, 0.2) is 6.23 Å². The number of aliphatic hydroxyl groups is 4. The number of hydroxylamine groups is 2. The number of carbonyl (C=O) groups is 1. The first-order valence-electron chi connectivity index (χ1n) is 7.05. The second-order valence-electron chi connectivity index (χ2n) is 5.24. The lowest BCUT2D eigenvalue weighted by molar-refractivity contribution is -0.329. The minimum Gasteiger partial charge on any atom is -0.480 e. The molecular weight excluding hydrogens is 300 g/mol. The van der Waals surface area contributed by atoms with Crippen LogP contribution in [0.5, 0.6) is 0 Å². The van der Waals surface area contributed by atoms with Crippen LogP contribution in [0.3, 0.4) is 0 Å². The van der Waals surface area contributed by atoms with Gasteiger partial charge in [-0.25, -0.2) is 0 Å². The van der Waals surface area contributed by atoms with Crippen molar-refractivity contribution in [3.63, 3.8) is 0 Å². The zero-order valence-corrected chi connectivity index (χ0v) is 12.0. The zero-order chi connectivity index (χ0) is 16.9. The third-order valence-corrected chi connectivity index (χ3v) is 3.66. The number of aliphatic hydroxyl groups excluding tert-OH is 4. The Kier molecular flexibility index (Phi) is 7.59. The summed E-state index contributed by atoms with van der Waals surface area (Å²) >= 11 is 0. The Labute approximate surface area is 127 Å². The van der Waals surface area contributed by atoms with Gasteiger partial charge in [0.05, 0.1) is 6.61 Å². The van der Waals surface area contributed by atoms with Gasteiger partial charge in [0.25, 0.3) is 0 Å². The second kappa shape index (κ2) is 8.70. The molecule has 10 nitrogen and oxygen atoms in total. The fourth-order valence-electron chi connectivity index (χ4n) is 2.33. The average Bonchev–Trinajstić information content (AvgIpc) is 2.48. The highest BCUT2D eigenvalue weighted by Crippen LogP contribution is 2.25. The summed E-state index contributed by atoms with van der Waals surface area (Å²) in [5.74, 6) is -1.34. The van der Waals surface area contributed by atoms with Crippen molar-refractivity contribution in [2.75, 3.05) is 13.2 Å². The molecule has 6 atom stereocenters. The molecule has 0 aromatic rings. The Morgan fingerprint density at radius 3 is 2.32 bits per heavy atom. The number of hydrogen-bond donors (Lipinski definition) is 7. The van der Waals surface area contributed by atoms with Gasteiger partial charge >= 0.3 is 5.97 Å². The normalized spacial score (nSPS) is 33.9. The first-order chi connectivity index (χ1) is 10.3. The molecule has 0 aromatic carbocycles. The van der Waals surface area contributed by atoms with Crippen molar-refractivity contribution in [3.8, 4) is 0 Å². The number of unbranched alkanes of at least 4 members (excludes halogenated alkanes) is 1. The summed E-state index contributed by atoms with van der Waals surface area (Å²) < 4.78 is 5.11. The fourth-order valence-corrected chi connectivity index (χ4v) is 2.33. The lowest BCUT2D eigenvalue weighted by Gasteiger charge is -2.43. The van der Waals surface area contributed by atoms with Gasteiger partial charge in [-0.2, -0.15) is 0 Å². The van der Waals surface area contributed by atoms with E-state index in [4.69, 9.17) is 20.7 Å². The van der Waals surface area contributed by atoms with Crippen LogP contribution in [0.25, 0.3) is 0 Å². The molecule has 1 aliphatic rings. The number of nitrogens with zero attached hydrogens (tertiary/aromatic N) is 1. The molecule has 10 heteroatoms. The maximum Gasteiger partial charge on any atom is 0.323 e. The van der Waals surface area contributed by atoms with Crippen LogP contribution >= 0.6 is 0 Å². The SMILES string of the molecule is NCCCC[C@@H](C(=O)O)N(O)C1O[C@H](CO)[C@H](O)[C@H](O)[C@H]1O. The lowest BCUT2D eigenvalue weighted by atomic mass is 9.97. The largest absolute Gasteiger partial charge is 0.480 e. The van der Waals surface area contributed by atoms with E-state index in [1.807, 2.05) is 0 Å². The molecular formula is C12H24N2O8. The number of ether oxygens (including phenoxy) is 1. The zero-order valence-electron chi connectivity index (χ0n) is 12.0. The van der Waals surface area contributed by atoms with E-state index in [-0.39, 0.29) is 6.42 Å². The minimum absolute atomic E-state index is 0.0536. The van der Waals surface area contributed by atoms with E-state index in [1.54, 1.807) is 0 Å². The molecule has 1 fully saturated rings. The first kappa shape index (κ1) is 19.2. The summed E-state index contributed by atoms with van der Waals surface area (Å²) in [5, 5.41) is 57.8. The molecule has 1 heterocycles. The Morgan fingerprint density at radius 1 is 1.18 bits per heavy atom. The van der Waals surface area contributed by atoms with Crippen LogP contribution in [0, 0.1) is 0 Å². The van der Waals surface area contributed by atoms with Crippen molar-refractivity contribution in [2.45, 2.75) is 55.9 Å². The van der Waals surface area contributed by atoms with Gasteiger partial charge in [-0.15, -0.1) is 5.06 Å². The number of carboxylic acid groups (broad SMARTS) is 1. The molecule has 8 N–H and O–H groups in total. The van der Waals surface area contributed by atoms with Gasteiger partial charge in [-0.05, 0) is 25.8 Å². The smallest absolute Gasteiger partial charge is 0.323 e. The number of aliphatic carboxylic acids is 1.